The quantitative estimate of drug-likeness (QED) is 0.876. The van der Waals surface area contributed by atoms with Gasteiger partial charge in [0.1, 0.15) is 5.56 Å². The van der Waals surface area contributed by atoms with Crippen LogP contribution in [0.25, 0.3) is 0 Å². The molecule has 0 radical (unpaired) electrons. The number of anilines is 1. The fraction of sp³-hybridized carbons (Fsp3) is 0.692. The van der Waals surface area contributed by atoms with E-state index in [2.05, 4.69) is 29.4 Å². The van der Waals surface area contributed by atoms with E-state index in [1.807, 2.05) is 0 Å². The van der Waals surface area contributed by atoms with Crippen molar-refractivity contribution in [2.24, 2.45) is 7.05 Å². The van der Waals surface area contributed by atoms with E-state index < -0.39 is 5.97 Å². The summed E-state index contributed by atoms with van der Waals surface area (Å²) in [5, 5.41) is 15.6. The Balaban J connectivity index is 2.30. The highest BCUT2D eigenvalue weighted by Crippen LogP contribution is 2.26. The van der Waals surface area contributed by atoms with E-state index in [1.165, 1.54) is 6.42 Å². The van der Waals surface area contributed by atoms with Crippen LogP contribution in [-0.2, 0) is 7.05 Å². The van der Waals surface area contributed by atoms with Gasteiger partial charge in [-0.1, -0.05) is 6.42 Å². The number of hydrogen-bond donors (Lipinski definition) is 2. The fourth-order valence-electron chi connectivity index (χ4n) is 2.81. The van der Waals surface area contributed by atoms with Gasteiger partial charge in [0, 0.05) is 19.1 Å². The lowest BCUT2D eigenvalue weighted by atomic mass is 10.00. The first-order valence-electron chi connectivity index (χ1n) is 6.73. The molecule has 1 fully saturated rings. The lowest BCUT2D eigenvalue weighted by molar-refractivity contribution is 0.0695. The normalized spacial score (nSPS) is 24.4. The van der Waals surface area contributed by atoms with Crippen molar-refractivity contribution in [2.45, 2.75) is 52.1 Å². The molecule has 0 saturated carbocycles. The summed E-state index contributed by atoms with van der Waals surface area (Å²) in [6.45, 7) is 6.04. The number of nitrogens with one attached hydrogen (secondary N) is 1. The fourth-order valence-corrected chi connectivity index (χ4v) is 2.81. The van der Waals surface area contributed by atoms with Crippen molar-refractivity contribution >= 4 is 11.8 Å². The predicted octanol–water partition coefficient (Wildman–Crippen LogP) is 2.02. The molecule has 0 spiro atoms. The van der Waals surface area contributed by atoms with Crippen LogP contribution in [0.5, 0.6) is 0 Å². The molecular formula is C13H22N4O2. The number of piperidine rings is 1. The zero-order chi connectivity index (χ0) is 14.2. The van der Waals surface area contributed by atoms with E-state index in [-0.39, 0.29) is 5.56 Å². The Morgan fingerprint density at radius 2 is 1.95 bits per heavy atom. The molecule has 0 aliphatic carbocycles. The monoisotopic (exact) mass is 266 g/mol. The Kier molecular flexibility index (Phi) is 3.80. The molecule has 0 aromatic carbocycles. The molecule has 6 heteroatoms. The second-order valence-corrected chi connectivity index (χ2v) is 5.39. The Morgan fingerprint density at radius 3 is 2.47 bits per heavy atom. The molecule has 6 nitrogen and oxygen atoms in total. The van der Waals surface area contributed by atoms with E-state index in [9.17, 15) is 9.90 Å². The predicted molar refractivity (Wildman–Crippen MR) is 73.1 cm³/mol. The number of hydrogen-bond acceptors (Lipinski definition) is 4. The SMILES string of the molecule is Cc1nn(C)c(NN2C(C)CCCC2C)c1C(=O)O. The molecule has 2 N–H and O–H groups in total. The second-order valence-electron chi connectivity index (χ2n) is 5.39. The van der Waals surface area contributed by atoms with Gasteiger partial charge in [-0.15, -0.1) is 0 Å². The summed E-state index contributed by atoms with van der Waals surface area (Å²) in [5.74, 6) is -0.379. The summed E-state index contributed by atoms with van der Waals surface area (Å²) in [5.41, 5.74) is 4.07. The van der Waals surface area contributed by atoms with Gasteiger partial charge in [-0.05, 0) is 33.6 Å². The van der Waals surface area contributed by atoms with Gasteiger partial charge in [0.15, 0.2) is 5.82 Å². The summed E-state index contributed by atoms with van der Waals surface area (Å²) < 4.78 is 1.60. The number of nitrogens with zero attached hydrogens (tertiary/aromatic N) is 3. The highest BCUT2D eigenvalue weighted by Gasteiger charge is 2.28. The van der Waals surface area contributed by atoms with Crippen LogP contribution in [0.15, 0.2) is 0 Å². The third-order valence-corrected chi connectivity index (χ3v) is 3.86. The van der Waals surface area contributed by atoms with Crippen LogP contribution in [0, 0.1) is 6.92 Å². The number of rotatable bonds is 3. The summed E-state index contributed by atoms with van der Waals surface area (Å²) in [7, 11) is 1.76. The van der Waals surface area contributed by atoms with Crippen LogP contribution in [0.2, 0.25) is 0 Å². The van der Waals surface area contributed by atoms with Crippen molar-refractivity contribution in [3.8, 4) is 0 Å². The third-order valence-electron chi connectivity index (χ3n) is 3.86. The maximum absolute atomic E-state index is 11.3. The molecule has 1 aliphatic heterocycles. The number of hydrazine groups is 1. The number of carboxylic acid groups (broad SMARTS) is 1. The van der Waals surface area contributed by atoms with E-state index in [0.29, 0.717) is 23.6 Å². The van der Waals surface area contributed by atoms with Gasteiger partial charge in [0.2, 0.25) is 0 Å². The molecule has 19 heavy (non-hydrogen) atoms. The van der Waals surface area contributed by atoms with Crippen molar-refractivity contribution in [3.05, 3.63) is 11.3 Å². The Morgan fingerprint density at radius 1 is 1.37 bits per heavy atom. The zero-order valence-corrected chi connectivity index (χ0v) is 12.0. The number of carbonyl (C=O) groups is 1. The van der Waals surface area contributed by atoms with Gasteiger partial charge in [-0.2, -0.15) is 5.10 Å². The first kappa shape index (κ1) is 13.9. The molecule has 1 aromatic heterocycles. The van der Waals surface area contributed by atoms with Gasteiger partial charge in [-0.3, -0.25) is 4.68 Å². The van der Waals surface area contributed by atoms with Gasteiger partial charge in [0.25, 0.3) is 0 Å². The molecule has 106 valence electrons. The molecule has 0 bridgehead atoms. The van der Waals surface area contributed by atoms with E-state index >= 15 is 0 Å². The van der Waals surface area contributed by atoms with Crippen LogP contribution in [0.4, 0.5) is 5.82 Å². The number of carboxylic acids is 1. The molecule has 0 amide bonds. The summed E-state index contributed by atoms with van der Waals surface area (Å²) in [4.78, 5) is 11.3. The highest BCUT2D eigenvalue weighted by atomic mass is 16.4. The molecular weight excluding hydrogens is 244 g/mol. The van der Waals surface area contributed by atoms with Crippen LogP contribution in [0.3, 0.4) is 0 Å². The van der Waals surface area contributed by atoms with E-state index in [0.717, 1.165) is 12.8 Å². The Labute approximate surface area is 113 Å². The first-order valence-corrected chi connectivity index (χ1v) is 6.73. The molecule has 2 rings (SSSR count). The van der Waals surface area contributed by atoms with Crippen LogP contribution < -0.4 is 5.43 Å². The lowest BCUT2D eigenvalue weighted by Gasteiger charge is -2.39. The minimum Gasteiger partial charge on any atom is -0.477 e. The molecule has 1 aromatic rings. The molecule has 2 unspecified atom stereocenters. The average molecular weight is 266 g/mol. The molecule has 1 aliphatic rings. The minimum atomic E-state index is -0.939. The van der Waals surface area contributed by atoms with Crippen molar-refractivity contribution < 1.29 is 9.90 Å². The van der Waals surface area contributed by atoms with Crippen molar-refractivity contribution in [2.75, 3.05) is 5.43 Å². The zero-order valence-electron chi connectivity index (χ0n) is 12.0. The molecule has 1 saturated heterocycles. The third kappa shape index (κ3) is 2.58. The average Bonchev–Trinajstić information content (AvgIpc) is 2.58. The number of aromatic carboxylic acids is 1. The summed E-state index contributed by atoms with van der Waals surface area (Å²) in [6, 6.07) is 0.779. The van der Waals surface area contributed by atoms with Crippen LogP contribution in [-0.4, -0.2) is 37.9 Å². The summed E-state index contributed by atoms with van der Waals surface area (Å²) in [6.07, 6.45) is 3.46. The summed E-state index contributed by atoms with van der Waals surface area (Å²) >= 11 is 0. The van der Waals surface area contributed by atoms with Gasteiger partial charge in [-0.25, -0.2) is 9.80 Å². The van der Waals surface area contributed by atoms with Crippen molar-refractivity contribution in [1.29, 1.82) is 0 Å². The smallest absolute Gasteiger partial charge is 0.341 e. The van der Waals surface area contributed by atoms with Crippen LogP contribution in [0.1, 0.15) is 49.2 Å². The molecule has 2 heterocycles. The second kappa shape index (κ2) is 5.21. The lowest BCUT2D eigenvalue weighted by Crippen LogP contribution is -2.47. The number of aromatic nitrogens is 2. The Bertz CT molecular complexity index is 473. The topological polar surface area (TPSA) is 70.4 Å². The van der Waals surface area contributed by atoms with Crippen molar-refractivity contribution in [3.63, 3.8) is 0 Å². The maximum Gasteiger partial charge on any atom is 0.341 e. The standard InChI is InChI=1S/C13H22N4O2/c1-8-6-5-7-9(2)17(8)15-12-11(13(18)19)10(3)14-16(12)4/h8-9,15H,5-7H2,1-4H3,(H,18,19). The first-order chi connectivity index (χ1) is 8.91. The largest absolute Gasteiger partial charge is 0.477 e. The number of aryl methyl sites for hydroxylation is 2. The van der Waals surface area contributed by atoms with Gasteiger partial charge in [0.05, 0.1) is 5.69 Å². The van der Waals surface area contributed by atoms with Crippen LogP contribution >= 0.6 is 0 Å². The minimum absolute atomic E-state index is 0.257. The Hall–Kier alpha value is -1.56. The highest BCUT2D eigenvalue weighted by molar-refractivity contribution is 5.94. The van der Waals surface area contributed by atoms with E-state index in [4.69, 9.17) is 0 Å². The van der Waals surface area contributed by atoms with Crippen molar-refractivity contribution in [1.82, 2.24) is 14.8 Å². The molecule has 2 atom stereocenters. The van der Waals surface area contributed by atoms with E-state index in [1.54, 1.807) is 18.7 Å². The van der Waals surface area contributed by atoms with Gasteiger partial charge >= 0.3 is 5.97 Å². The van der Waals surface area contributed by atoms with Gasteiger partial charge < -0.3 is 10.5 Å². The maximum atomic E-state index is 11.3.